The monoisotopic (exact) mass is 458 g/mol. The van der Waals surface area contributed by atoms with Crippen LogP contribution in [0, 0.1) is 11.3 Å². The van der Waals surface area contributed by atoms with Crippen molar-refractivity contribution in [3.63, 3.8) is 0 Å². The average molecular weight is 459 g/mol. The molecule has 0 N–H and O–H groups in total. The smallest absolute Gasteiger partial charge is 0.188 e. The van der Waals surface area contributed by atoms with E-state index in [1.807, 2.05) is 30.3 Å². The Balaban J connectivity index is 1.94. The molecule has 2 aromatic rings. The van der Waals surface area contributed by atoms with E-state index in [1.165, 1.54) is 0 Å². The second-order valence-corrected chi connectivity index (χ2v) is 8.85. The van der Waals surface area contributed by atoms with Crippen LogP contribution in [0.3, 0.4) is 0 Å². The predicted molar refractivity (Wildman–Crippen MR) is 124 cm³/mol. The fraction of sp³-hybridized carbons (Fsp3) is 0.500. The molecule has 0 aliphatic heterocycles. The van der Waals surface area contributed by atoms with Crippen molar-refractivity contribution in [1.82, 2.24) is 0 Å². The van der Waals surface area contributed by atoms with Gasteiger partial charge < -0.3 is 28.4 Å². The molecular weight excluding hydrogens is 424 g/mol. The van der Waals surface area contributed by atoms with Crippen LogP contribution in [0.25, 0.3) is 0 Å². The molecule has 0 radical (unpaired) electrons. The van der Waals surface area contributed by atoms with Gasteiger partial charge in [-0.1, -0.05) is 13.8 Å². The van der Waals surface area contributed by atoms with Crippen LogP contribution in [0.2, 0.25) is 0 Å². The first kappa shape index (κ1) is 25.0. The number of carbonyl (C=O) groups is 1. The normalized spacial score (nSPS) is 19.3. The first-order valence-corrected chi connectivity index (χ1v) is 11.0. The highest BCUT2D eigenvalue weighted by Crippen LogP contribution is 2.55. The van der Waals surface area contributed by atoms with Gasteiger partial charge in [-0.05, 0) is 60.7 Å². The molecule has 1 aliphatic rings. The number of carbonyl (C=O) groups excluding carboxylic acids is 1. The highest BCUT2D eigenvalue weighted by molar-refractivity contribution is 5.99. The fourth-order valence-electron chi connectivity index (χ4n) is 4.61. The molecule has 1 saturated carbocycles. The van der Waals surface area contributed by atoms with E-state index in [0.29, 0.717) is 22.8 Å². The summed E-state index contributed by atoms with van der Waals surface area (Å²) in [4.78, 5) is 13.6. The third-order valence-electron chi connectivity index (χ3n) is 6.16. The van der Waals surface area contributed by atoms with Crippen LogP contribution in [0.5, 0.6) is 17.2 Å². The maximum atomic E-state index is 13.6. The van der Waals surface area contributed by atoms with Crippen LogP contribution in [0.15, 0.2) is 42.5 Å². The zero-order valence-corrected chi connectivity index (χ0v) is 20.1. The quantitative estimate of drug-likeness (QED) is 0.326. The van der Waals surface area contributed by atoms with Crippen LogP contribution in [-0.2, 0) is 14.2 Å². The third kappa shape index (κ3) is 6.05. The van der Waals surface area contributed by atoms with Gasteiger partial charge in [-0.15, -0.1) is 0 Å². The lowest BCUT2D eigenvalue weighted by atomic mass is 9.72. The van der Waals surface area contributed by atoms with E-state index in [0.717, 1.165) is 18.4 Å². The number of hydrogen-bond acceptors (Lipinski definition) is 7. The Labute approximate surface area is 195 Å². The topological polar surface area (TPSA) is 72.5 Å². The van der Waals surface area contributed by atoms with Gasteiger partial charge in [0, 0.05) is 44.3 Å². The fourth-order valence-corrected chi connectivity index (χ4v) is 4.61. The Morgan fingerprint density at radius 1 is 0.848 bits per heavy atom. The van der Waals surface area contributed by atoms with Crippen LogP contribution in [0.4, 0.5) is 0 Å². The molecule has 0 bridgehead atoms. The van der Waals surface area contributed by atoms with Crippen LogP contribution < -0.4 is 14.2 Å². The van der Waals surface area contributed by atoms with Crippen molar-refractivity contribution in [1.29, 1.82) is 0 Å². The number of hydrogen-bond donors (Lipinski definition) is 0. The minimum absolute atomic E-state index is 0.0487. The standard InChI is InChI=1S/C26H34O7/c1-26(2)13-12-21(25(27)18-6-8-19(9-7-18)31-15-28-3)24(26)22-14-20(32-16-29-4)10-11-23(22)33-17-30-5/h6-11,14,21,24H,12-13,15-17H2,1-5H3/t21-,24+/m0/s1. The molecule has 3 rings (SSSR count). The Morgan fingerprint density at radius 3 is 2.06 bits per heavy atom. The summed E-state index contributed by atoms with van der Waals surface area (Å²) in [5.74, 6) is 1.91. The highest BCUT2D eigenvalue weighted by Gasteiger charge is 2.47. The summed E-state index contributed by atoms with van der Waals surface area (Å²) in [5, 5.41) is 0. The van der Waals surface area contributed by atoms with Crippen LogP contribution in [0.1, 0.15) is 48.5 Å². The summed E-state index contributed by atoms with van der Waals surface area (Å²) >= 11 is 0. The minimum Gasteiger partial charge on any atom is -0.468 e. The Kier molecular flexibility index (Phi) is 8.72. The number of rotatable bonds is 12. The van der Waals surface area contributed by atoms with E-state index >= 15 is 0 Å². The molecule has 0 unspecified atom stereocenters. The third-order valence-corrected chi connectivity index (χ3v) is 6.16. The summed E-state index contributed by atoms with van der Waals surface area (Å²) in [7, 11) is 4.73. The van der Waals surface area contributed by atoms with Gasteiger partial charge in [0.15, 0.2) is 26.2 Å². The van der Waals surface area contributed by atoms with Crippen molar-refractivity contribution in [3.8, 4) is 17.2 Å². The van der Waals surface area contributed by atoms with Crippen molar-refractivity contribution < 1.29 is 33.2 Å². The maximum Gasteiger partial charge on any atom is 0.188 e. The lowest BCUT2D eigenvalue weighted by Gasteiger charge is -2.32. The van der Waals surface area contributed by atoms with Gasteiger partial charge in [-0.3, -0.25) is 4.79 Å². The van der Waals surface area contributed by atoms with Crippen molar-refractivity contribution in [2.75, 3.05) is 41.7 Å². The van der Waals surface area contributed by atoms with E-state index in [4.69, 9.17) is 28.4 Å². The lowest BCUT2D eigenvalue weighted by Crippen LogP contribution is -2.26. The van der Waals surface area contributed by atoms with Gasteiger partial charge in [-0.2, -0.15) is 0 Å². The van der Waals surface area contributed by atoms with Gasteiger partial charge in [0.05, 0.1) is 0 Å². The molecule has 1 aliphatic carbocycles. The minimum atomic E-state index is -0.187. The van der Waals surface area contributed by atoms with Gasteiger partial charge in [0.25, 0.3) is 0 Å². The van der Waals surface area contributed by atoms with E-state index in [9.17, 15) is 4.79 Å². The van der Waals surface area contributed by atoms with Gasteiger partial charge >= 0.3 is 0 Å². The molecule has 7 heteroatoms. The molecular formula is C26H34O7. The summed E-state index contributed by atoms with van der Waals surface area (Å²) in [6.45, 7) is 4.84. The zero-order valence-electron chi connectivity index (χ0n) is 20.1. The summed E-state index contributed by atoms with van der Waals surface area (Å²) in [6.07, 6.45) is 1.72. The summed E-state index contributed by atoms with van der Waals surface area (Å²) in [6, 6.07) is 12.9. The first-order valence-electron chi connectivity index (χ1n) is 11.0. The van der Waals surface area contributed by atoms with E-state index in [2.05, 4.69) is 13.8 Å². The molecule has 1 fully saturated rings. The van der Waals surface area contributed by atoms with E-state index in [1.54, 1.807) is 33.5 Å². The van der Waals surface area contributed by atoms with Crippen molar-refractivity contribution in [2.24, 2.45) is 11.3 Å². The van der Waals surface area contributed by atoms with Gasteiger partial charge in [-0.25, -0.2) is 0 Å². The average Bonchev–Trinajstić information content (AvgIpc) is 3.14. The maximum absolute atomic E-state index is 13.6. The van der Waals surface area contributed by atoms with Gasteiger partial charge in [0.2, 0.25) is 0 Å². The first-order chi connectivity index (χ1) is 15.9. The van der Waals surface area contributed by atoms with Crippen molar-refractivity contribution >= 4 is 5.78 Å². The van der Waals surface area contributed by atoms with Crippen LogP contribution >= 0.6 is 0 Å². The largest absolute Gasteiger partial charge is 0.468 e. The molecule has 0 aromatic heterocycles. The number of Topliss-reactive ketones (excluding diaryl/α,β-unsaturated/α-hetero) is 1. The molecule has 0 amide bonds. The molecule has 2 atom stereocenters. The second-order valence-electron chi connectivity index (χ2n) is 8.85. The van der Waals surface area contributed by atoms with Gasteiger partial charge in [0.1, 0.15) is 17.2 Å². The molecule has 0 saturated heterocycles. The lowest BCUT2D eigenvalue weighted by molar-refractivity contribution is 0.0468. The molecule has 2 aromatic carbocycles. The SMILES string of the molecule is COCOc1ccc(C(=O)[C@H]2CCC(C)(C)[C@H]2c2cc(OCOC)ccc2OCOC)cc1. The van der Waals surface area contributed by atoms with E-state index in [-0.39, 0.29) is 43.4 Å². The predicted octanol–water partition coefficient (Wildman–Crippen LogP) is 5.04. The zero-order chi connectivity index (χ0) is 23.8. The number of ether oxygens (including phenoxy) is 6. The molecule has 0 spiro atoms. The highest BCUT2D eigenvalue weighted by atomic mass is 16.7. The van der Waals surface area contributed by atoms with Crippen LogP contribution in [-0.4, -0.2) is 47.5 Å². The Bertz CT molecular complexity index is 907. The summed E-state index contributed by atoms with van der Waals surface area (Å²) < 4.78 is 32.2. The second kappa shape index (κ2) is 11.5. The van der Waals surface area contributed by atoms with E-state index < -0.39 is 0 Å². The number of benzene rings is 2. The summed E-state index contributed by atoms with van der Waals surface area (Å²) in [5.41, 5.74) is 1.51. The van der Waals surface area contributed by atoms with Crippen molar-refractivity contribution in [3.05, 3.63) is 53.6 Å². The molecule has 7 nitrogen and oxygen atoms in total. The molecule has 0 heterocycles. The number of methoxy groups -OCH3 is 3. The molecule has 180 valence electrons. The Morgan fingerprint density at radius 2 is 1.42 bits per heavy atom. The number of ketones is 1. The molecule has 33 heavy (non-hydrogen) atoms. The van der Waals surface area contributed by atoms with Crippen molar-refractivity contribution in [2.45, 2.75) is 32.6 Å². The Hall–Kier alpha value is -2.61.